The summed E-state index contributed by atoms with van der Waals surface area (Å²) in [4.78, 5) is 9.16. The molecule has 186 valence electrons. The Morgan fingerprint density at radius 1 is 1.00 bits per heavy atom. The molecule has 0 bridgehead atoms. The molecular weight excluding hydrogens is 436 g/mol. The van der Waals surface area contributed by atoms with E-state index >= 15 is 0 Å². The maximum absolute atomic E-state index is 6.26. The van der Waals surface area contributed by atoms with Gasteiger partial charge in [-0.1, -0.05) is 63.4 Å². The van der Waals surface area contributed by atoms with E-state index < -0.39 is 0 Å². The first kappa shape index (κ1) is 25.0. The lowest BCUT2D eigenvalue weighted by Gasteiger charge is -2.21. The summed E-state index contributed by atoms with van der Waals surface area (Å²) in [6.45, 7) is 8.55. The predicted molar refractivity (Wildman–Crippen MR) is 144 cm³/mol. The van der Waals surface area contributed by atoms with Crippen LogP contribution in [0.4, 0.5) is 5.82 Å². The minimum atomic E-state index is 0.0791. The molecular formula is C29H38N4O2. The monoisotopic (exact) mass is 474 g/mol. The van der Waals surface area contributed by atoms with Crippen molar-refractivity contribution >= 4 is 27.8 Å². The first-order valence-electron chi connectivity index (χ1n) is 12.9. The Morgan fingerprint density at radius 3 is 2.54 bits per heavy atom. The zero-order valence-electron chi connectivity index (χ0n) is 21.2. The van der Waals surface area contributed by atoms with E-state index in [0.29, 0.717) is 24.9 Å². The third-order valence-electron chi connectivity index (χ3n) is 6.77. The lowest BCUT2D eigenvalue weighted by Crippen LogP contribution is -2.18. The van der Waals surface area contributed by atoms with Gasteiger partial charge in [0.1, 0.15) is 11.3 Å². The van der Waals surface area contributed by atoms with Gasteiger partial charge in [0.2, 0.25) is 0 Å². The van der Waals surface area contributed by atoms with E-state index in [-0.39, 0.29) is 6.04 Å². The molecule has 2 aromatic heterocycles. The van der Waals surface area contributed by atoms with Gasteiger partial charge in [-0.3, -0.25) is 0 Å². The average molecular weight is 475 g/mol. The summed E-state index contributed by atoms with van der Waals surface area (Å²) < 4.78 is 14.2. The third kappa shape index (κ3) is 5.93. The van der Waals surface area contributed by atoms with Crippen LogP contribution in [-0.2, 0) is 11.2 Å². The van der Waals surface area contributed by atoms with Crippen LogP contribution in [0.3, 0.4) is 0 Å². The summed E-state index contributed by atoms with van der Waals surface area (Å²) in [5.41, 5.74) is 10.1. The second-order valence-electron chi connectivity index (χ2n) is 9.25. The van der Waals surface area contributed by atoms with Crippen LogP contribution in [0.2, 0.25) is 0 Å². The Bertz CT molecular complexity index is 1220. The summed E-state index contributed by atoms with van der Waals surface area (Å²) in [5, 5.41) is 1.05. The molecule has 0 aliphatic rings. The number of anilines is 1. The third-order valence-corrected chi connectivity index (χ3v) is 6.77. The van der Waals surface area contributed by atoms with E-state index in [1.807, 2.05) is 31.5 Å². The minimum Gasteiger partial charge on any atom is -0.493 e. The normalized spacial score (nSPS) is 13.3. The Kier molecular flexibility index (Phi) is 8.59. The smallest absolute Gasteiger partial charge is 0.152 e. The number of pyridine rings is 1. The molecule has 4 aromatic rings. The highest BCUT2D eigenvalue weighted by Gasteiger charge is 2.19. The van der Waals surface area contributed by atoms with Crippen LogP contribution >= 0.6 is 0 Å². The predicted octanol–water partition coefficient (Wildman–Crippen LogP) is 6.58. The van der Waals surface area contributed by atoms with Crippen molar-refractivity contribution in [3.63, 3.8) is 0 Å². The molecule has 4 rings (SSSR count). The zero-order valence-corrected chi connectivity index (χ0v) is 21.2. The molecule has 6 heteroatoms. The summed E-state index contributed by atoms with van der Waals surface area (Å²) in [7, 11) is 0. The topological polar surface area (TPSA) is 75.2 Å². The highest BCUT2D eigenvalue weighted by Crippen LogP contribution is 2.30. The number of rotatable bonds is 13. The van der Waals surface area contributed by atoms with E-state index in [1.54, 1.807) is 0 Å². The van der Waals surface area contributed by atoms with Crippen LogP contribution in [0.15, 0.2) is 54.9 Å². The molecule has 0 saturated carbocycles. The molecule has 0 aliphatic heterocycles. The van der Waals surface area contributed by atoms with E-state index in [4.69, 9.17) is 15.2 Å². The number of nitrogens with zero attached hydrogens (tertiary/aromatic N) is 3. The molecule has 1 unspecified atom stereocenters. The fourth-order valence-electron chi connectivity index (χ4n) is 4.64. The van der Waals surface area contributed by atoms with Crippen molar-refractivity contribution < 1.29 is 9.47 Å². The van der Waals surface area contributed by atoms with Crippen LogP contribution in [0, 0.1) is 5.92 Å². The second kappa shape index (κ2) is 12.0. The zero-order chi connectivity index (χ0) is 24.6. The number of ether oxygens (including phenoxy) is 2. The Labute approximate surface area is 208 Å². The van der Waals surface area contributed by atoms with Crippen molar-refractivity contribution in [2.24, 2.45) is 5.92 Å². The fourth-order valence-corrected chi connectivity index (χ4v) is 4.64. The highest BCUT2D eigenvalue weighted by atomic mass is 16.5. The van der Waals surface area contributed by atoms with Crippen LogP contribution in [0.25, 0.3) is 21.9 Å². The largest absolute Gasteiger partial charge is 0.493 e. The van der Waals surface area contributed by atoms with Gasteiger partial charge in [0.25, 0.3) is 0 Å². The van der Waals surface area contributed by atoms with Gasteiger partial charge in [0.05, 0.1) is 36.6 Å². The van der Waals surface area contributed by atoms with E-state index in [1.165, 1.54) is 24.8 Å². The van der Waals surface area contributed by atoms with Crippen molar-refractivity contribution in [3.05, 3.63) is 60.4 Å². The highest BCUT2D eigenvalue weighted by molar-refractivity contribution is 6.06. The molecule has 0 radical (unpaired) electrons. The van der Waals surface area contributed by atoms with Crippen LogP contribution in [0.5, 0.6) is 5.75 Å². The standard InChI is InChI=1S/C29H38N4O2/c1-4-7-10-21(5-2)18-35-24-15-13-22(14-16-24)17-23(19-34-6-3)33-20-31-27-28(33)25-11-8-9-12-26(25)32-29(27)30/h8-9,11-16,20-21,23H,4-7,10,17-19H2,1-3H3,(H2,30,32)/t21?,23-/m0/s1. The fraction of sp³-hybridized carbons (Fsp3) is 0.448. The van der Waals surface area contributed by atoms with Crippen molar-refractivity contribution in [3.8, 4) is 5.75 Å². The molecule has 2 N–H and O–H groups in total. The van der Waals surface area contributed by atoms with Crippen molar-refractivity contribution in [2.75, 3.05) is 25.6 Å². The Balaban J connectivity index is 1.55. The summed E-state index contributed by atoms with van der Waals surface area (Å²) in [6, 6.07) is 16.7. The average Bonchev–Trinajstić information content (AvgIpc) is 3.34. The molecule has 0 spiro atoms. The quantitative estimate of drug-likeness (QED) is 0.237. The van der Waals surface area contributed by atoms with Gasteiger partial charge in [0, 0.05) is 12.0 Å². The Hall–Kier alpha value is -3.12. The molecule has 35 heavy (non-hydrogen) atoms. The molecule has 0 aliphatic carbocycles. The summed E-state index contributed by atoms with van der Waals surface area (Å²) in [6.07, 6.45) is 7.58. The molecule has 2 aromatic carbocycles. The van der Waals surface area contributed by atoms with Gasteiger partial charge < -0.3 is 19.8 Å². The Morgan fingerprint density at radius 2 is 1.80 bits per heavy atom. The summed E-state index contributed by atoms with van der Waals surface area (Å²) >= 11 is 0. The van der Waals surface area contributed by atoms with Gasteiger partial charge in [-0.15, -0.1) is 0 Å². The number of nitrogens with two attached hydrogens (primary N) is 1. The number of unbranched alkanes of at least 4 members (excludes halogenated alkanes) is 1. The van der Waals surface area contributed by atoms with E-state index in [9.17, 15) is 0 Å². The van der Waals surface area contributed by atoms with Gasteiger partial charge >= 0.3 is 0 Å². The van der Waals surface area contributed by atoms with E-state index in [2.05, 4.69) is 58.7 Å². The molecule has 2 heterocycles. The number of hydrogen-bond acceptors (Lipinski definition) is 5. The first-order valence-corrected chi connectivity index (χ1v) is 12.9. The number of para-hydroxylation sites is 1. The van der Waals surface area contributed by atoms with Crippen LogP contribution in [0.1, 0.15) is 58.1 Å². The number of nitrogen functional groups attached to an aromatic ring is 1. The van der Waals surface area contributed by atoms with Crippen LogP contribution in [-0.4, -0.2) is 34.4 Å². The number of fused-ring (bicyclic) bond motifs is 3. The number of aromatic nitrogens is 3. The minimum absolute atomic E-state index is 0.0791. The van der Waals surface area contributed by atoms with Gasteiger partial charge in [-0.05, 0) is 49.4 Å². The number of hydrogen-bond donors (Lipinski definition) is 1. The first-order chi connectivity index (χ1) is 17.1. The molecule has 6 nitrogen and oxygen atoms in total. The molecule has 0 saturated heterocycles. The SMILES string of the molecule is CCCCC(CC)COc1ccc(C[C@@H](COCC)n2cnc3c(N)nc4ccccc4c32)cc1. The van der Waals surface area contributed by atoms with Crippen LogP contribution < -0.4 is 10.5 Å². The van der Waals surface area contributed by atoms with Crippen molar-refractivity contribution in [2.45, 2.75) is 58.9 Å². The second-order valence-corrected chi connectivity index (χ2v) is 9.25. The number of imidazole rings is 1. The van der Waals surface area contributed by atoms with Crippen molar-refractivity contribution in [1.82, 2.24) is 14.5 Å². The van der Waals surface area contributed by atoms with Gasteiger partial charge in [0.15, 0.2) is 5.82 Å². The van der Waals surface area contributed by atoms with E-state index in [0.717, 1.165) is 47.1 Å². The van der Waals surface area contributed by atoms with Gasteiger partial charge in [-0.2, -0.15) is 0 Å². The maximum atomic E-state index is 6.26. The molecule has 2 atom stereocenters. The van der Waals surface area contributed by atoms with Gasteiger partial charge in [-0.25, -0.2) is 9.97 Å². The lowest BCUT2D eigenvalue weighted by atomic mass is 10.0. The molecule has 0 fully saturated rings. The maximum Gasteiger partial charge on any atom is 0.152 e. The van der Waals surface area contributed by atoms with Crippen molar-refractivity contribution in [1.29, 1.82) is 0 Å². The number of benzene rings is 2. The summed E-state index contributed by atoms with van der Waals surface area (Å²) in [5.74, 6) is 2.01. The molecule has 0 amide bonds. The lowest BCUT2D eigenvalue weighted by molar-refractivity contribution is 0.114.